The fourth-order valence-corrected chi connectivity index (χ4v) is 3.54. The molecule has 4 rings (SSSR count). The summed E-state index contributed by atoms with van der Waals surface area (Å²) in [5, 5.41) is 10.2. The maximum atomic E-state index is 5.45. The topological polar surface area (TPSA) is 74.8 Å². The Morgan fingerprint density at radius 1 is 0.935 bits per heavy atom. The van der Waals surface area contributed by atoms with Gasteiger partial charge in [-0.15, -0.1) is 0 Å². The van der Waals surface area contributed by atoms with Crippen LogP contribution in [0.4, 0.5) is 23.0 Å². The van der Waals surface area contributed by atoms with Crippen LogP contribution in [-0.2, 0) is 0 Å². The summed E-state index contributed by atoms with van der Waals surface area (Å²) in [5.41, 5.74) is 5.44. The maximum Gasteiger partial charge on any atom is 0.227 e. The molecule has 0 aliphatic rings. The van der Waals surface area contributed by atoms with Crippen molar-refractivity contribution in [3.63, 3.8) is 0 Å². The molecule has 154 valence electrons. The molecule has 2 heterocycles. The molecule has 3 N–H and O–H groups in total. The standard InChI is InChI=1S/C23H19BrN6S/c1-15-7-8-19(28-23(31)27-18-6-2-5-17(24)12-18)13-21(15)30-22-26-11-9-20(29-22)16-4-3-10-25-14-16/h2-14H,1H3,(H,26,29,30)(H2,27,28,31). The van der Waals surface area contributed by atoms with Crippen LogP contribution in [0.3, 0.4) is 0 Å². The highest BCUT2D eigenvalue weighted by Crippen LogP contribution is 2.24. The molecule has 0 aliphatic carbocycles. The van der Waals surface area contributed by atoms with Gasteiger partial charge in [-0.25, -0.2) is 9.97 Å². The predicted octanol–water partition coefficient (Wildman–Crippen LogP) is 6.16. The van der Waals surface area contributed by atoms with Crippen LogP contribution in [0.25, 0.3) is 11.3 Å². The second-order valence-corrected chi connectivity index (χ2v) is 8.08. The molecule has 0 saturated carbocycles. The molecule has 0 amide bonds. The zero-order valence-corrected chi connectivity index (χ0v) is 19.0. The van der Waals surface area contributed by atoms with E-state index in [1.807, 2.05) is 67.6 Å². The van der Waals surface area contributed by atoms with Crippen molar-refractivity contribution in [2.45, 2.75) is 6.92 Å². The van der Waals surface area contributed by atoms with Gasteiger partial charge in [0.25, 0.3) is 0 Å². The van der Waals surface area contributed by atoms with E-state index in [0.29, 0.717) is 11.1 Å². The fraction of sp³-hybridized carbons (Fsp3) is 0.0435. The normalized spacial score (nSPS) is 10.4. The fourth-order valence-electron chi connectivity index (χ4n) is 2.91. The van der Waals surface area contributed by atoms with Crippen molar-refractivity contribution in [2.24, 2.45) is 0 Å². The van der Waals surface area contributed by atoms with Gasteiger partial charge in [0.1, 0.15) is 0 Å². The minimum atomic E-state index is 0.503. The Hall–Kier alpha value is -3.36. The number of aryl methyl sites for hydroxylation is 1. The molecule has 0 aliphatic heterocycles. The molecule has 2 aromatic heterocycles. The second-order valence-electron chi connectivity index (χ2n) is 6.75. The van der Waals surface area contributed by atoms with Crippen molar-refractivity contribution < 1.29 is 0 Å². The Morgan fingerprint density at radius 2 is 1.77 bits per heavy atom. The highest BCUT2D eigenvalue weighted by atomic mass is 79.9. The molecule has 0 atom stereocenters. The number of hydrogen-bond acceptors (Lipinski definition) is 5. The summed E-state index contributed by atoms with van der Waals surface area (Å²) in [6.07, 6.45) is 5.24. The van der Waals surface area contributed by atoms with E-state index in [1.54, 1.807) is 18.6 Å². The highest BCUT2D eigenvalue weighted by molar-refractivity contribution is 9.10. The molecule has 0 spiro atoms. The van der Waals surface area contributed by atoms with Crippen LogP contribution in [0.15, 0.2) is 83.7 Å². The summed E-state index contributed by atoms with van der Waals surface area (Å²) in [7, 11) is 0. The van der Waals surface area contributed by atoms with Crippen molar-refractivity contribution in [3.8, 4) is 11.3 Å². The number of benzene rings is 2. The lowest BCUT2D eigenvalue weighted by molar-refractivity contribution is 1.16. The zero-order valence-electron chi connectivity index (χ0n) is 16.6. The Balaban J connectivity index is 1.49. The van der Waals surface area contributed by atoms with Crippen LogP contribution in [-0.4, -0.2) is 20.1 Å². The minimum Gasteiger partial charge on any atom is -0.332 e. The van der Waals surface area contributed by atoms with E-state index in [2.05, 4.69) is 46.8 Å². The van der Waals surface area contributed by atoms with Crippen LogP contribution >= 0.6 is 28.1 Å². The quantitative estimate of drug-likeness (QED) is 0.289. The molecular formula is C23H19BrN6S. The van der Waals surface area contributed by atoms with Crippen LogP contribution < -0.4 is 16.0 Å². The summed E-state index contributed by atoms with van der Waals surface area (Å²) in [6, 6.07) is 19.5. The van der Waals surface area contributed by atoms with E-state index in [-0.39, 0.29) is 0 Å². The van der Waals surface area contributed by atoms with E-state index in [4.69, 9.17) is 12.2 Å². The first kappa shape index (κ1) is 20.9. The van der Waals surface area contributed by atoms with Crippen LogP contribution in [0.5, 0.6) is 0 Å². The SMILES string of the molecule is Cc1ccc(NC(=S)Nc2cccc(Br)c2)cc1Nc1nccc(-c2cccnc2)n1. The monoisotopic (exact) mass is 490 g/mol. The van der Waals surface area contributed by atoms with Gasteiger partial charge in [0.2, 0.25) is 5.95 Å². The number of nitrogens with one attached hydrogen (secondary N) is 3. The number of anilines is 4. The largest absolute Gasteiger partial charge is 0.332 e. The van der Waals surface area contributed by atoms with Crippen molar-refractivity contribution in [2.75, 3.05) is 16.0 Å². The van der Waals surface area contributed by atoms with Crippen molar-refractivity contribution in [1.29, 1.82) is 0 Å². The smallest absolute Gasteiger partial charge is 0.227 e. The lowest BCUT2D eigenvalue weighted by atomic mass is 10.2. The average molecular weight is 491 g/mol. The molecule has 0 unspecified atom stereocenters. The number of pyridine rings is 1. The van der Waals surface area contributed by atoms with E-state index < -0.39 is 0 Å². The molecule has 0 bridgehead atoms. The number of thiocarbonyl (C=S) groups is 1. The number of hydrogen-bond donors (Lipinski definition) is 3. The molecule has 0 fully saturated rings. The van der Waals surface area contributed by atoms with E-state index in [1.165, 1.54) is 0 Å². The Bertz CT molecular complexity index is 1220. The summed E-state index contributed by atoms with van der Waals surface area (Å²) < 4.78 is 0.982. The van der Waals surface area contributed by atoms with Gasteiger partial charge in [0.05, 0.1) is 5.69 Å². The van der Waals surface area contributed by atoms with E-state index in [9.17, 15) is 0 Å². The highest BCUT2D eigenvalue weighted by Gasteiger charge is 2.07. The Morgan fingerprint density at radius 3 is 2.55 bits per heavy atom. The summed E-state index contributed by atoms with van der Waals surface area (Å²) >= 11 is 8.91. The third-order valence-corrected chi connectivity index (χ3v) is 5.13. The van der Waals surface area contributed by atoms with Crippen LogP contribution in [0.2, 0.25) is 0 Å². The van der Waals surface area contributed by atoms with Crippen LogP contribution in [0, 0.1) is 6.92 Å². The third kappa shape index (κ3) is 5.62. The number of rotatable bonds is 5. The van der Waals surface area contributed by atoms with Gasteiger partial charge < -0.3 is 16.0 Å². The molecule has 4 aromatic rings. The number of nitrogens with zero attached hydrogens (tertiary/aromatic N) is 3. The molecule has 6 nitrogen and oxygen atoms in total. The first-order valence-corrected chi connectivity index (χ1v) is 10.7. The first-order chi connectivity index (χ1) is 15.1. The van der Waals surface area contributed by atoms with Crippen molar-refractivity contribution >= 4 is 56.3 Å². The molecule has 0 saturated heterocycles. The van der Waals surface area contributed by atoms with Gasteiger partial charge in [0, 0.05) is 45.7 Å². The van der Waals surface area contributed by atoms with Crippen LogP contribution in [0.1, 0.15) is 5.56 Å². The van der Waals surface area contributed by atoms with Gasteiger partial charge in [0.15, 0.2) is 5.11 Å². The van der Waals surface area contributed by atoms with Gasteiger partial charge in [-0.2, -0.15) is 0 Å². The molecular weight excluding hydrogens is 472 g/mol. The maximum absolute atomic E-state index is 5.45. The lowest BCUT2D eigenvalue weighted by Crippen LogP contribution is -2.19. The molecule has 2 aromatic carbocycles. The van der Waals surface area contributed by atoms with Crippen molar-refractivity contribution in [3.05, 3.63) is 89.3 Å². The van der Waals surface area contributed by atoms with Gasteiger partial charge in [-0.1, -0.05) is 28.1 Å². The van der Waals surface area contributed by atoms with Gasteiger partial charge >= 0.3 is 0 Å². The van der Waals surface area contributed by atoms with Gasteiger partial charge in [-0.3, -0.25) is 4.98 Å². The van der Waals surface area contributed by atoms with E-state index in [0.717, 1.165) is 38.4 Å². The molecule has 31 heavy (non-hydrogen) atoms. The molecule has 8 heteroatoms. The predicted molar refractivity (Wildman–Crippen MR) is 134 cm³/mol. The minimum absolute atomic E-state index is 0.503. The summed E-state index contributed by atoms with van der Waals surface area (Å²) in [5.74, 6) is 0.511. The Kier molecular flexibility index (Phi) is 6.49. The lowest BCUT2D eigenvalue weighted by Gasteiger charge is -2.14. The number of aromatic nitrogens is 3. The molecule has 0 radical (unpaired) electrons. The van der Waals surface area contributed by atoms with Gasteiger partial charge in [-0.05, 0) is 73.2 Å². The first-order valence-electron chi connectivity index (χ1n) is 9.51. The average Bonchev–Trinajstić information content (AvgIpc) is 2.77. The third-order valence-electron chi connectivity index (χ3n) is 4.44. The summed E-state index contributed by atoms with van der Waals surface area (Å²) in [4.78, 5) is 13.1. The van der Waals surface area contributed by atoms with E-state index >= 15 is 0 Å². The van der Waals surface area contributed by atoms with Crippen molar-refractivity contribution in [1.82, 2.24) is 15.0 Å². The Labute approximate surface area is 194 Å². The zero-order chi connectivity index (χ0) is 21.6. The number of halogens is 1. The second kappa shape index (κ2) is 9.63. The summed E-state index contributed by atoms with van der Waals surface area (Å²) in [6.45, 7) is 2.02.